The predicted octanol–water partition coefficient (Wildman–Crippen LogP) is 3.05. The van der Waals surface area contributed by atoms with Gasteiger partial charge in [0.05, 0.1) is 7.11 Å². The number of benzene rings is 1. The first-order chi connectivity index (χ1) is 10.2. The van der Waals surface area contributed by atoms with Gasteiger partial charge in [0.15, 0.2) is 11.6 Å². The van der Waals surface area contributed by atoms with Crippen molar-refractivity contribution < 1.29 is 9.13 Å². The van der Waals surface area contributed by atoms with Gasteiger partial charge in [0.2, 0.25) is 0 Å². The lowest BCUT2D eigenvalue weighted by atomic mass is 9.99. The molecule has 0 spiro atoms. The van der Waals surface area contributed by atoms with Crippen molar-refractivity contribution in [3.8, 4) is 5.75 Å². The van der Waals surface area contributed by atoms with Crippen LogP contribution in [0.2, 0.25) is 0 Å². The lowest BCUT2D eigenvalue weighted by molar-refractivity contribution is 0.190. The summed E-state index contributed by atoms with van der Waals surface area (Å²) in [6.07, 6.45) is 3.81. The number of hydrogen-bond acceptors (Lipinski definition) is 3. The average molecular weight is 294 g/mol. The molecule has 0 amide bonds. The topological polar surface area (TPSA) is 24.5 Å². The second kappa shape index (κ2) is 8.35. The molecule has 118 valence electrons. The van der Waals surface area contributed by atoms with Crippen LogP contribution < -0.4 is 10.1 Å². The van der Waals surface area contributed by atoms with Crippen molar-refractivity contribution in [2.45, 2.75) is 32.7 Å². The van der Waals surface area contributed by atoms with Gasteiger partial charge in [-0.2, -0.15) is 0 Å². The van der Waals surface area contributed by atoms with Crippen LogP contribution in [-0.2, 0) is 6.54 Å². The molecule has 0 unspecified atom stereocenters. The standard InChI is InChI=1S/C17H27FN2O/c1-14-6-10-20(11-7-14)9-3-8-19-13-15-4-5-17(21-2)16(18)12-15/h4-5,12,14,19H,3,6-11,13H2,1-2H3. The minimum Gasteiger partial charge on any atom is -0.494 e. The van der Waals surface area contributed by atoms with Gasteiger partial charge in [-0.15, -0.1) is 0 Å². The highest BCUT2D eigenvalue weighted by atomic mass is 19.1. The van der Waals surface area contributed by atoms with Gasteiger partial charge in [-0.25, -0.2) is 4.39 Å². The third-order valence-electron chi connectivity index (χ3n) is 4.25. The Bertz CT molecular complexity index is 431. The second-order valence-corrected chi connectivity index (χ2v) is 6.02. The smallest absolute Gasteiger partial charge is 0.165 e. The lowest BCUT2D eigenvalue weighted by Crippen LogP contribution is -2.34. The molecule has 4 heteroatoms. The summed E-state index contributed by atoms with van der Waals surface area (Å²) in [5.41, 5.74) is 0.958. The summed E-state index contributed by atoms with van der Waals surface area (Å²) >= 11 is 0. The third kappa shape index (κ3) is 5.29. The van der Waals surface area contributed by atoms with E-state index in [1.165, 1.54) is 39.1 Å². The summed E-state index contributed by atoms with van der Waals surface area (Å²) in [5.74, 6) is 0.904. The van der Waals surface area contributed by atoms with Crippen LogP contribution in [0.15, 0.2) is 18.2 Å². The monoisotopic (exact) mass is 294 g/mol. The molecule has 0 bridgehead atoms. The van der Waals surface area contributed by atoms with Crippen molar-refractivity contribution >= 4 is 0 Å². The molecule has 3 nitrogen and oxygen atoms in total. The SMILES string of the molecule is COc1ccc(CNCCCN2CCC(C)CC2)cc1F. The van der Waals surface area contributed by atoms with Crippen LogP contribution in [0.4, 0.5) is 4.39 Å². The zero-order valence-corrected chi connectivity index (χ0v) is 13.2. The summed E-state index contributed by atoms with van der Waals surface area (Å²) in [7, 11) is 1.48. The molecule has 0 aromatic heterocycles. The molecule has 1 fully saturated rings. The van der Waals surface area contributed by atoms with Crippen molar-refractivity contribution in [1.82, 2.24) is 10.2 Å². The van der Waals surface area contributed by atoms with Crippen molar-refractivity contribution in [1.29, 1.82) is 0 Å². The molecule has 0 radical (unpaired) electrons. The van der Waals surface area contributed by atoms with Gasteiger partial charge in [0.25, 0.3) is 0 Å². The number of hydrogen-bond donors (Lipinski definition) is 1. The number of methoxy groups -OCH3 is 1. The van der Waals surface area contributed by atoms with Crippen LogP contribution in [0.1, 0.15) is 31.7 Å². The zero-order valence-electron chi connectivity index (χ0n) is 13.2. The number of halogens is 1. The van der Waals surface area contributed by atoms with Crippen molar-refractivity contribution in [2.24, 2.45) is 5.92 Å². The first-order valence-corrected chi connectivity index (χ1v) is 7.94. The number of ether oxygens (including phenoxy) is 1. The molecule has 1 saturated heterocycles. The quantitative estimate of drug-likeness (QED) is 0.782. The molecule has 21 heavy (non-hydrogen) atoms. The fourth-order valence-electron chi connectivity index (χ4n) is 2.77. The van der Waals surface area contributed by atoms with Gasteiger partial charge < -0.3 is 15.0 Å². The lowest BCUT2D eigenvalue weighted by Gasteiger charge is -2.30. The van der Waals surface area contributed by atoms with Crippen LogP contribution >= 0.6 is 0 Å². The Hall–Kier alpha value is -1.13. The van der Waals surface area contributed by atoms with Gasteiger partial charge in [-0.1, -0.05) is 13.0 Å². The van der Waals surface area contributed by atoms with Crippen LogP contribution in [0, 0.1) is 11.7 Å². The normalized spacial score (nSPS) is 17.1. The summed E-state index contributed by atoms with van der Waals surface area (Å²) in [4.78, 5) is 2.55. The largest absolute Gasteiger partial charge is 0.494 e. The average Bonchev–Trinajstić information content (AvgIpc) is 2.49. The minimum absolute atomic E-state index is 0.292. The summed E-state index contributed by atoms with van der Waals surface area (Å²) in [5, 5.41) is 3.38. The fourth-order valence-corrected chi connectivity index (χ4v) is 2.77. The van der Waals surface area contributed by atoms with E-state index in [2.05, 4.69) is 17.1 Å². The van der Waals surface area contributed by atoms with Crippen molar-refractivity contribution in [3.05, 3.63) is 29.6 Å². The maximum Gasteiger partial charge on any atom is 0.165 e. The Labute approximate surface area is 127 Å². The first kappa shape index (κ1) is 16.2. The van der Waals surface area contributed by atoms with E-state index in [1.54, 1.807) is 6.07 Å². The van der Waals surface area contributed by atoms with Crippen LogP contribution in [0.3, 0.4) is 0 Å². The number of likely N-dealkylation sites (tertiary alicyclic amines) is 1. The van der Waals surface area contributed by atoms with Crippen molar-refractivity contribution in [3.63, 3.8) is 0 Å². The van der Waals surface area contributed by atoms with E-state index in [1.807, 2.05) is 6.07 Å². The number of nitrogens with zero attached hydrogens (tertiary/aromatic N) is 1. The van der Waals surface area contributed by atoms with E-state index in [9.17, 15) is 4.39 Å². The molecule has 1 aliphatic heterocycles. The van der Waals surface area contributed by atoms with Crippen LogP contribution in [-0.4, -0.2) is 38.2 Å². The maximum absolute atomic E-state index is 13.5. The zero-order chi connectivity index (χ0) is 15.1. The highest BCUT2D eigenvalue weighted by Crippen LogP contribution is 2.17. The molecule has 0 aliphatic carbocycles. The first-order valence-electron chi connectivity index (χ1n) is 7.94. The molecule has 2 rings (SSSR count). The molecule has 0 saturated carbocycles. The molecule has 1 aliphatic rings. The molecule has 0 atom stereocenters. The summed E-state index contributed by atoms with van der Waals surface area (Å²) in [6.45, 7) is 7.66. The third-order valence-corrected chi connectivity index (χ3v) is 4.25. The van der Waals surface area contributed by atoms with Gasteiger partial charge in [-0.3, -0.25) is 0 Å². The van der Waals surface area contributed by atoms with E-state index in [-0.39, 0.29) is 5.82 Å². The molecular formula is C17H27FN2O. The molecular weight excluding hydrogens is 267 g/mol. The Kier molecular flexibility index (Phi) is 6.46. The Morgan fingerprint density at radius 1 is 1.33 bits per heavy atom. The Balaban J connectivity index is 1.60. The van der Waals surface area contributed by atoms with Gasteiger partial charge in [-0.05, 0) is 69.1 Å². The van der Waals surface area contributed by atoms with E-state index in [0.717, 1.165) is 31.0 Å². The Morgan fingerprint density at radius 3 is 2.76 bits per heavy atom. The number of piperidine rings is 1. The van der Waals surface area contributed by atoms with Gasteiger partial charge >= 0.3 is 0 Å². The van der Waals surface area contributed by atoms with Crippen LogP contribution in [0.25, 0.3) is 0 Å². The molecule has 1 aromatic rings. The van der Waals surface area contributed by atoms with Gasteiger partial charge in [0.1, 0.15) is 0 Å². The minimum atomic E-state index is -0.292. The highest BCUT2D eigenvalue weighted by Gasteiger charge is 2.14. The fraction of sp³-hybridized carbons (Fsp3) is 0.647. The number of rotatable bonds is 7. The second-order valence-electron chi connectivity index (χ2n) is 6.02. The van der Waals surface area contributed by atoms with E-state index in [4.69, 9.17) is 4.74 Å². The molecule has 1 N–H and O–H groups in total. The summed E-state index contributed by atoms with van der Waals surface area (Å²) in [6, 6.07) is 5.13. The van der Waals surface area contributed by atoms with Gasteiger partial charge in [0, 0.05) is 6.54 Å². The molecule has 1 aromatic carbocycles. The highest BCUT2D eigenvalue weighted by molar-refractivity contribution is 5.29. The Morgan fingerprint density at radius 2 is 2.10 bits per heavy atom. The van der Waals surface area contributed by atoms with E-state index >= 15 is 0 Å². The van der Waals surface area contributed by atoms with E-state index < -0.39 is 0 Å². The number of nitrogens with one attached hydrogen (secondary N) is 1. The summed E-state index contributed by atoms with van der Waals surface area (Å²) < 4.78 is 18.5. The molecule has 1 heterocycles. The maximum atomic E-state index is 13.5. The van der Waals surface area contributed by atoms with E-state index in [0.29, 0.717) is 12.3 Å². The predicted molar refractivity (Wildman–Crippen MR) is 84.1 cm³/mol. The van der Waals surface area contributed by atoms with Crippen LogP contribution in [0.5, 0.6) is 5.75 Å². The van der Waals surface area contributed by atoms with Crippen molar-refractivity contribution in [2.75, 3.05) is 33.3 Å².